The van der Waals surface area contributed by atoms with Crippen LogP contribution in [0.5, 0.6) is 0 Å². The summed E-state index contributed by atoms with van der Waals surface area (Å²) in [6.45, 7) is 3.54. The average Bonchev–Trinajstić information content (AvgIpc) is 2.37. The van der Waals surface area contributed by atoms with Gasteiger partial charge in [-0.15, -0.1) is 0 Å². The number of rotatable bonds is 8. The van der Waals surface area contributed by atoms with Crippen LogP contribution in [0.1, 0.15) is 27.2 Å². The third-order valence-corrected chi connectivity index (χ3v) is 2.15. The highest BCUT2D eigenvalue weighted by Crippen LogP contribution is 2.14. The van der Waals surface area contributed by atoms with E-state index >= 15 is 0 Å². The molecule has 1 atom stereocenters. The van der Waals surface area contributed by atoms with Crippen LogP contribution in [0.25, 0.3) is 0 Å². The Balaban J connectivity index is 5.01. The van der Waals surface area contributed by atoms with Gasteiger partial charge in [0.15, 0.2) is 0 Å². The van der Waals surface area contributed by atoms with E-state index in [2.05, 4.69) is 0 Å². The molecule has 1 N–H and O–H groups in total. The maximum Gasteiger partial charge on any atom is 0.307 e. The van der Waals surface area contributed by atoms with Gasteiger partial charge >= 0.3 is 17.9 Å². The lowest BCUT2D eigenvalue weighted by Crippen LogP contribution is -2.19. The van der Waals surface area contributed by atoms with Gasteiger partial charge in [-0.05, 0) is 6.08 Å². The van der Waals surface area contributed by atoms with Gasteiger partial charge in [0, 0.05) is 32.8 Å². The molecule has 0 aliphatic rings. The van der Waals surface area contributed by atoms with Gasteiger partial charge in [-0.2, -0.15) is 0 Å². The summed E-state index contributed by atoms with van der Waals surface area (Å²) in [5.74, 6) is -1.52. The first-order valence-corrected chi connectivity index (χ1v) is 6.31. The fourth-order valence-corrected chi connectivity index (χ4v) is 1.34. The molecular weight excluding hydrogens is 280 g/mol. The second-order valence-corrected chi connectivity index (χ2v) is 4.03. The normalized spacial score (nSPS) is 12.9. The molecule has 0 aliphatic heterocycles. The van der Waals surface area contributed by atoms with Crippen molar-refractivity contribution in [2.24, 2.45) is 0 Å². The molecule has 0 heterocycles. The summed E-state index contributed by atoms with van der Waals surface area (Å²) >= 11 is 0. The van der Waals surface area contributed by atoms with E-state index in [-0.39, 0.29) is 19.6 Å². The van der Waals surface area contributed by atoms with Crippen molar-refractivity contribution < 1.29 is 33.7 Å². The van der Waals surface area contributed by atoms with Gasteiger partial charge in [0.25, 0.3) is 0 Å². The number of aliphatic hydroxyl groups is 1. The fourth-order valence-electron chi connectivity index (χ4n) is 1.34. The Bertz CT molecular complexity index is 423. The van der Waals surface area contributed by atoms with Gasteiger partial charge in [-0.25, -0.2) is 0 Å². The SMILES string of the molecule is CC(=O)OC=C(CCOC(C)=O)C(C=CCO)OC(C)=O. The summed E-state index contributed by atoms with van der Waals surface area (Å²) in [5.41, 5.74) is 0.423. The molecule has 0 amide bonds. The molecule has 1 unspecified atom stereocenters. The van der Waals surface area contributed by atoms with Crippen molar-refractivity contribution in [1.29, 1.82) is 0 Å². The Hall–Kier alpha value is -2.15. The van der Waals surface area contributed by atoms with Crippen molar-refractivity contribution in [3.8, 4) is 0 Å². The second kappa shape index (κ2) is 10.6. The number of esters is 3. The molecule has 0 aromatic rings. The maximum atomic E-state index is 11.1. The first kappa shape index (κ1) is 18.9. The van der Waals surface area contributed by atoms with E-state index in [4.69, 9.17) is 19.3 Å². The van der Waals surface area contributed by atoms with Crippen LogP contribution in [-0.4, -0.2) is 42.3 Å². The summed E-state index contributed by atoms with van der Waals surface area (Å²) in [6.07, 6.45) is 3.39. The Kier molecular flexibility index (Phi) is 9.53. The smallest absolute Gasteiger partial charge is 0.307 e. The van der Waals surface area contributed by atoms with Crippen molar-refractivity contribution in [2.75, 3.05) is 13.2 Å². The van der Waals surface area contributed by atoms with Crippen molar-refractivity contribution >= 4 is 17.9 Å². The van der Waals surface area contributed by atoms with E-state index in [1.807, 2.05) is 0 Å². The van der Waals surface area contributed by atoms with Crippen LogP contribution in [0.4, 0.5) is 0 Å². The van der Waals surface area contributed by atoms with Crippen LogP contribution < -0.4 is 0 Å². The maximum absolute atomic E-state index is 11.1. The Morgan fingerprint density at radius 2 is 1.76 bits per heavy atom. The molecule has 0 saturated carbocycles. The monoisotopic (exact) mass is 300 g/mol. The highest BCUT2D eigenvalue weighted by molar-refractivity contribution is 5.67. The van der Waals surface area contributed by atoms with Gasteiger partial charge < -0.3 is 19.3 Å². The highest BCUT2D eigenvalue weighted by atomic mass is 16.6. The van der Waals surface area contributed by atoms with Gasteiger partial charge in [-0.3, -0.25) is 14.4 Å². The molecule has 0 aliphatic carbocycles. The molecule has 0 bridgehead atoms. The van der Waals surface area contributed by atoms with Crippen LogP contribution in [0.3, 0.4) is 0 Å². The van der Waals surface area contributed by atoms with Crippen LogP contribution in [0, 0.1) is 0 Å². The molecule has 0 aromatic heterocycles. The first-order valence-electron chi connectivity index (χ1n) is 6.31. The van der Waals surface area contributed by atoms with E-state index in [1.165, 1.54) is 32.9 Å². The Morgan fingerprint density at radius 1 is 1.10 bits per heavy atom. The topological polar surface area (TPSA) is 99.1 Å². The minimum Gasteiger partial charge on any atom is -0.466 e. The van der Waals surface area contributed by atoms with E-state index in [9.17, 15) is 14.4 Å². The summed E-state index contributed by atoms with van der Waals surface area (Å²) in [7, 11) is 0. The van der Waals surface area contributed by atoms with Crippen LogP contribution >= 0.6 is 0 Å². The molecule has 21 heavy (non-hydrogen) atoms. The molecule has 0 aromatic carbocycles. The molecule has 0 saturated heterocycles. The van der Waals surface area contributed by atoms with Crippen LogP contribution in [0.15, 0.2) is 24.0 Å². The number of carbonyl (C=O) groups excluding carboxylic acids is 3. The van der Waals surface area contributed by atoms with Gasteiger partial charge in [-0.1, -0.05) is 6.08 Å². The lowest BCUT2D eigenvalue weighted by atomic mass is 10.1. The number of carbonyl (C=O) groups is 3. The summed E-state index contributed by atoms with van der Waals surface area (Å²) in [4.78, 5) is 32.7. The van der Waals surface area contributed by atoms with Crippen molar-refractivity contribution in [1.82, 2.24) is 0 Å². The third kappa shape index (κ3) is 10.3. The highest BCUT2D eigenvalue weighted by Gasteiger charge is 2.16. The third-order valence-electron chi connectivity index (χ3n) is 2.15. The first-order chi connectivity index (χ1) is 9.86. The average molecular weight is 300 g/mol. The van der Waals surface area contributed by atoms with Crippen molar-refractivity contribution in [2.45, 2.75) is 33.3 Å². The molecular formula is C14H20O7. The number of hydrogen-bond acceptors (Lipinski definition) is 7. The number of ether oxygens (including phenoxy) is 3. The van der Waals surface area contributed by atoms with E-state index in [0.29, 0.717) is 5.57 Å². The molecule has 0 spiro atoms. The number of aliphatic hydroxyl groups excluding tert-OH is 1. The van der Waals surface area contributed by atoms with E-state index in [0.717, 1.165) is 6.26 Å². The molecule has 0 rings (SSSR count). The molecule has 118 valence electrons. The largest absolute Gasteiger partial charge is 0.466 e. The van der Waals surface area contributed by atoms with Gasteiger partial charge in [0.2, 0.25) is 0 Å². The van der Waals surface area contributed by atoms with E-state index < -0.39 is 24.0 Å². The Labute approximate surface area is 123 Å². The van der Waals surface area contributed by atoms with E-state index in [1.54, 1.807) is 0 Å². The lowest BCUT2D eigenvalue weighted by molar-refractivity contribution is -0.144. The van der Waals surface area contributed by atoms with Gasteiger partial charge in [0.1, 0.15) is 6.10 Å². The zero-order chi connectivity index (χ0) is 16.3. The summed E-state index contributed by atoms with van der Waals surface area (Å²) < 4.78 is 14.6. The zero-order valence-electron chi connectivity index (χ0n) is 12.3. The van der Waals surface area contributed by atoms with Gasteiger partial charge in [0.05, 0.1) is 19.5 Å². The lowest BCUT2D eigenvalue weighted by Gasteiger charge is -2.17. The molecule has 0 radical (unpaired) electrons. The predicted octanol–water partition coefficient (Wildman–Crippen LogP) is 0.867. The second-order valence-electron chi connectivity index (χ2n) is 4.03. The van der Waals surface area contributed by atoms with Crippen molar-refractivity contribution in [3.05, 3.63) is 24.0 Å². The zero-order valence-corrected chi connectivity index (χ0v) is 12.3. The summed E-state index contributed by atoms with van der Waals surface area (Å²) in [6, 6.07) is 0. The fraction of sp³-hybridized carbons (Fsp3) is 0.500. The number of hydrogen-bond donors (Lipinski definition) is 1. The summed E-state index contributed by atoms with van der Waals surface area (Å²) in [5, 5.41) is 8.80. The quantitative estimate of drug-likeness (QED) is 0.307. The molecule has 0 fully saturated rings. The van der Waals surface area contributed by atoms with Crippen LogP contribution in [-0.2, 0) is 28.6 Å². The standard InChI is InChI=1S/C14H20O7/c1-10(16)19-8-6-13(9-20-11(2)17)14(5-4-7-15)21-12(3)18/h4-5,9,14-15H,6-8H2,1-3H3. The predicted molar refractivity (Wildman–Crippen MR) is 72.9 cm³/mol. The molecule has 7 nitrogen and oxygen atoms in total. The molecule has 7 heteroatoms. The minimum absolute atomic E-state index is 0.0488. The van der Waals surface area contributed by atoms with Crippen molar-refractivity contribution in [3.63, 3.8) is 0 Å². The van der Waals surface area contributed by atoms with Crippen LogP contribution in [0.2, 0.25) is 0 Å². The minimum atomic E-state index is -0.815. The Morgan fingerprint density at radius 3 is 2.24 bits per heavy atom.